The fourth-order valence-corrected chi connectivity index (χ4v) is 2.48. The molecule has 0 atom stereocenters. The van der Waals surface area contributed by atoms with Crippen LogP contribution < -0.4 is 0 Å². The zero-order valence-corrected chi connectivity index (χ0v) is 11.5. The lowest BCUT2D eigenvalue weighted by Crippen LogP contribution is -2.03. The third-order valence-electron chi connectivity index (χ3n) is 3.28. The number of aromatic nitrogens is 2. The lowest BCUT2D eigenvalue weighted by molar-refractivity contribution is 0.778. The van der Waals surface area contributed by atoms with E-state index in [4.69, 9.17) is 16.9 Å². The largest absolute Gasteiger partial charge is 0.322 e. The van der Waals surface area contributed by atoms with Gasteiger partial charge in [-0.25, -0.2) is 4.98 Å². The number of rotatable bonds is 3. The third-order valence-corrected chi connectivity index (χ3v) is 3.52. The summed E-state index contributed by atoms with van der Waals surface area (Å²) in [4.78, 5) is 4.54. The molecule has 0 unspecified atom stereocenters. The van der Waals surface area contributed by atoms with Crippen LogP contribution in [0.1, 0.15) is 17.0 Å². The maximum Gasteiger partial charge on any atom is 0.125 e. The van der Waals surface area contributed by atoms with Gasteiger partial charge in [0.2, 0.25) is 0 Å². The van der Waals surface area contributed by atoms with Crippen molar-refractivity contribution in [2.75, 3.05) is 0 Å². The Balaban J connectivity index is 2.02. The number of hydrogen-bond donors (Lipinski definition) is 0. The van der Waals surface area contributed by atoms with E-state index in [2.05, 4.69) is 15.6 Å². The van der Waals surface area contributed by atoms with Gasteiger partial charge in [-0.3, -0.25) is 0 Å². The van der Waals surface area contributed by atoms with E-state index in [1.807, 2.05) is 48.5 Å². The van der Waals surface area contributed by atoms with E-state index in [1.54, 1.807) is 0 Å². The molecule has 4 heteroatoms. The van der Waals surface area contributed by atoms with Gasteiger partial charge in [0.05, 0.1) is 28.5 Å². The number of imidazole rings is 1. The van der Waals surface area contributed by atoms with Gasteiger partial charge in [-0.1, -0.05) is 24.3 Å². The molecule has 2 aromatic carbocycles. The minimum absolute atomic E-state index is 0.380. The van der Waals surface area contributed by atoms with Gasteiger partial charge in [0.15, 0.2) is 0 Å². The summed E-state index contributed by atoms with van der Waals surface area (Å²) >= 11 is 5.99. The van der Waals surface area contributed by atoms with Gasteiger partial charge in [0.25, 0.3) is 0 Å². The Morgan fingerprint density at radius 2 is 1.85 bits per heavy atom. The van der Waals surface area contributed by atoms with Gasteiger partial charge >= 0.3 is 0 Å². The first kappa shape index (κ1) is 12.7. The second-order valence-corrected chi connectivity index (χ2v) is 4.81. The van der Waals surface area contributed by atoms with E-state index in [9.17, 15) is 0 Å². The fourth-order valence-electron chi connectivity index (χ4n) is 2.27. The molecule has 0 saturated carbocycles. The minimum Gasteiger partial charge on any atom is -0.322 e. The first-order chi connectivity index (χ1) is 9.81. The van der Waals surface area contributed by atoms with Crippen LogP contribution in [0.25, 0.3) is 11.0 Å². The number of alkyl halides is 1. The molecular formula is C16H12ClN3. The maximum absolute atomic E-state index is 8.83. The van der Waals surface area contributed by atoms with Crippen LogP contribution in [0.2, 0.25) is 0 Å². The minimum atomic E-state index is 0.380. The second kappa shape index (κ2) is 5.36. The molecule has 0 spiro atoms. The molecule has 3 rings (SSSR count). The highest BCUT2D eigenvalue weighted by Crippen LogP contribution is 2.19. The SMILES string of the molecule is N#Cc1ccc(Cn2c(CCl)nc3ccccc32)cc1. The topological polar surface area (TPSA) is 41.6 Å². The van der Waals surface area contributed by atoms with E-state index in [1.165, 1.54) is 0 Å². The molecule has 0 radical (unpaired) electrons. The van der Waals surface area contributed by atoms with Gasteiger partial charge < -0.3 is 4.57 Å². The van der Waals surface area contributed by atoms with Crippen molar-refractivity contribution in [1.29, 1.82) is 5.26 Å². The lowest BCUT2D eigenvalue weighted by atomic mass is 10.1. The first-order valence-electron chi connectivity index (χ1n) is 6.31. The van der Waals surface area contributed by atoms with Crippen LogP contribution in [0.5, 0.6) is 0 Å². The van der Waals surface area contributed by atoms with Crippen molar-refractivity contribution in [3.8, 4) is 6.07 Å². The average molecular weight is 282 g/mol. The Bertz CT molecular complexity index is 782. The van der Waals surface area contributed by atoms with E-state index in [-0.39, 0.29) is 0 Å². The molecule has 0 bridgehead atoms. The monoisotopic (exact) mass is 281 g/mol. The summed E-state index contributed by atoms with van der Waals surface area (Å²) in [5, 5.41) is 8.83. The van der Waals surface area contributed by atoms with E-state index < -0.39 is 0 Å². The molecule has 98 valence electrons. The van der Waals surface area contributed by atoms with Crippen molar-refractivity contribution < 1.29 is 0 Å². The predicted molar refractivity (Wildman–Crippen MR) is 79.5 cm³/mol. The molecule has 3 nitrogen and oxygen atoms in total. The number of nitrogens with zero attached hydrogens (tertiary/aromatic N) is 3. The summed E-state index contributed by atoms with van der Waals surface area (Å²) in [7, 11) is 0. The van der Waals surface area contributed by atoms with Crippen molar-refractivity contribution in [2.45, 2.75) is 12.4 Å². The molecular weight excluding hydrogens is 270 g/mol. The van der Waals surface area contributed by atoms with E-state index >= 15 is 0 Å². The van der Waals surface area contributed by atoms with Gasteiger partial charge in [0.1, 0.15) is 5.82 Å². The number of hydrogen-bond acceptors (Lipinski definition) is 2. The molecule has 0 saturated heterocycles. The van der Waals surface area contributed by atoms with Gasteiger partial charge in [-0.05, 0) is 29.8 Å². The molecule has 0 aliphatic rings. The number of benzene rings is 2. The van der Waals surface area contributed by atoms with Crippen LogP contribution in [-0.2, 0) is 12.4 Å². The summed E-state index contributed by atoms with van der Waals surface area (Å²) < 4.78 is 2.11. The Morgan fingerprint density at radius 3 is 2.55 bits per heavy atom. The molecule has 0 fully saturated rings. The third kappa shape index (κ3) is 2.26. The summed E-state index contributed by atoms with van der Waals surface area (Å²) in [6.07, 6.45) is 0. The molecule has 20 heavy (non-hydrogen) atoms. The van der Waals surface area contributed by atoms with Crippen LogP contribution in [0.3, 0.4) is 0 Å². The summed E-state index contributed by atoms with van der Waals surface area (Å²) in [6, 6.07) is 17.7. The molecule has 0 aliphatic carbocycles. The van der Waals surface area contributed by atoms with Crippen LogP contribution in [-0.4, -0.2) is 9.55 Å². The van der Waals surface area contributed by atoms with Crippen molar-refractivity contribution in [2.24, 2.45) is 0 Å². The Hall–Kier alpha value is -2.31. The Labute approximate surface area is 122 Å². The predicted octanol–water partition coefficient (Wildman–Crippen LogP) is 3.70. The molecule has 3 aromatic rings. The summed E-state index contributed by atoms with van der Waals surface area (Å²) in [5.74, 6) is 1.24. The van der Waals surface area contributed by atoms with Crippen molar-refractivity contribution >= 4 is 22.6 Å². The Morgan fingerprint density at radius 1 is 1.10 bits per heavy atom. The van der Waals surface area contributed by atoms with Gasteiger partial charge in [0, 0.05) is 6.54 Å². The van der Waals surface area contributed by atoms with Crippen LogP contribution in [0.15, 0.2) is 48.5 Å². The van der Waals surface area contributed by atoms with Gasteiger partial charge in [-0.15, -0.1) is 11.6 Å². The highest BCUT2D eigenvalue weighted by molar-refractivity contribution is 6.16. The first-order valence-corrected chi connectivity index (χ1v) is 6.84. The second-order valence-electron chi connectivity index (χ2n) is 4.55. The molecule has 0 amide bonds. The van der Waals surface area contributed by atoms with Crippen LogP contribution >= 0.6 is 11.6 Å². The normalized spacial score (nSPS) is 10.6. The number of para-hydroxylation sites is 2. The highest BCUT2D eigenvalue weighted by Gasteiger charge is 2.09. The number of fused-ring (bicyclic) bond motifs is 1. The number of halogens is 1. The Kier molecular flexibility index (Phi) is 3.41. The van der Waals surface area contributed by atoms with E-state index in [0.29, 0.717) is 18.0 Å². The highest BCUT2D eigenvalue weighted by atomic mass is 35.5. The summed E-state index contributed by atoms with van der Waals surface area (Å²) in [5.41, 5.74) is 3.82. The molecule has 0 aliphatic heterocycles. The van der Waals surface area contributed by atoms with Crippen LogP contribution in [0, 0.1) is 11.3 Å². The smallest absolute Gasteiger partial charge is 0.125 e. The molecule has 0 N–H and O–H groups in total. The standard InChI is InChI=1S/C16H12ClN3/c17-9-16-19-14-3-1-2-4-15(14)20(16)11-13-7-5-12(10-18)6-8-13/h1-8H,9,11H2. The zero-order chi connectivity index (χ0) is 13.9. The van der Waals surface area contributed by atoms with Crippen LogP contribution in [0.4, 0.5) is 0 Å². The molecule has 1 heterocycles. The van der Waals surface area contributed by atoms with Crippen molar-refractivity contribution in [1.82, 2.24) is 9.55 Å². The summed E-state index contributed by atoms with van der Waals surface area (Å²) in [6.45, 7) is 0.703. The number of nitriles is 1. The zero-order valence-electron chi connectivity index (χ0n) is 10.8. The molecule has 1 aromatic heterocycles. The van der Waals surface area contributed by atoms with Crippen molar-refractivity contribution in [3.05, 3.63) is 65.5 Å². The van der Waals surface area contributed by atoms with E-state index in [0.717, 1.165) is 22.4 Å². The van der Waals surface area contributed by atoms with Crippen molar-refractivity contribution in [3.63, 3.8) is 0 Å². The maximum atomic E-state index is 8.83. The lowest BCUT2D eigenvalue weighted by Gasteiger charge is -2.08. The average Bonchev–Trinajstić information content (AvgIpc) is 2.86. The quantitative estimate of drug-likeness (QED) is 0.687. The fraction of sp³-hybridized carbons (Fsp3) is 0.125. The van der Waals surface area contributed by atoms with Gasteiger partial charge in [-0.2, -0.15) is 5.26 Å².